The van der Waals surface area contributed by atoms with Gasteiger partial charge < -0.3 is 9.84 Å². The second-order valence-electron chi connectivity index (χ2n) is 7.68. The van der Waals surface area contributed by atoms with Gasteiger partial charge in [-0.25, -0.2) is 0 Å². The molecule has 0 radical (unpaired) electrons. The van der Waals surface area contributed by atoms with Crippen molar-refractivity contribution in [3.63, 3.8) is 0 Å². The average Bonchev–Trinajstić information content (AvgIpc) is 2.54. The number of hydrogen-bond donors (Lipinski definition) is 1. The van der Waals surface area contributed by atoms with E-state index in [0.29, 0.717) is 17.6 Å². The standard InChI is InChI=1S/C22H24O2/c1-14-9-10-18-17(11-14)21-19(23)12-16(15-7-5-4-6-8-15)13-20(21)24-22(18,2)3/h4-9,12-13,17-18,23H,10-11H2,1-3H3/t17-,18-/m1/s1. The summed E-state index contributed by atoms with van der Waals surface area (Å²) in [7, 11) is 0. The molecule has 4 rings (SSSR count). The monoisotopic (exact) mass is 320 g/mol. The Balaban J connectivity index is 1.86. The number of phenols is 1. The maximum atomic E-state index is 10.8. The summed E-state index contributed by atoms with van der Waals surface area (Å²) >= 11 is 0. The highest BCUT2D eigenvalue weighted by Crippen LogP contribution is 2.54. The Morgan fingerprint density at radius 1 is 1.08 bits per heavy atom. The van der Waals surface area contributed by atoms with Crippen molar-refractivity contribution in [2.75, 3.05) is 0 Å². The summed E-state index contributed by atoms with van der Waals surface area (Å²) in [5.41, 5.74) is 4.28. The van der Waals surface area contributed by atoms with Gasteiger partial charge in [0, 0.05) is 17.4 Å². The molecule has 2 atom stereocenters. The first-order chi connectivity index (χ1) is 11.5. The quantitative estimate of drug-likeness (QED) is 0.686. The van der Waals surface area contributed by atoms with E-state index in [1.807, 2.05) is 24.3 Å². The van der Waals surface area contributed by atoms with Crippen molar-refractivity contribution in [3.8, 4) is 22.6 Å². The van der Waals surface area contributed by atoms with Crippen molar-refractivity contribution in [1.82, 2.24) is 0 Å². The third kappa shape index (κ3) is 2.41. The van der Waals surface area contributed by atoms with Crippen LogP contribution in [0.1, 0.15) is 45.1 Å². The van der Waals surface area contributed by atoms with Gasteiger partial charge in [0.1, 0.15) is 17.1 Å². The lowest BCUT2D eigenvalue weighted by atomic mass is 9.67. The van der Waals surface area contributed by atoms with Gasteiger partial charge in [-0.15, -0.1) is 0 Å². The first-order valence-electron chi connectivity index (χ1n) is 8.72. The summed E-state index contributed by atoms with van der Waals surface area (Å²) in [6.45, 7) is 6.54. The number of phenolic OH excluding ortho intramolecular Hbond substituents is 1. The molecule has 0 spiro atoms. The molecule has 0 amide bonds. The van der Waals surface area contributed by atoms with Crippen molar-refractivity contribution >= 4 is 0 Å². The summed E-state index contributed by atoms with van der Waals surface area (Å²) in [5, 5.41) is 10.8. The van der Waals surface area contributed by atoms with Crippen molar-refractivity contribution in [2.45, 2.75) is 45.1 Å². The van der Waals surface area contributed by atoms with Crippen molar-refractivity contribution < 1.29 is 9.84 Å². The number of aromatic hydroxyl groups is 1. The van der Waals surface area contributed by atoms with E-state index in [0.717, 1.165) is 35.3 Å². The summed E-state index contributed by atoms with van der Waals surface area (Å²) in [5.74, 6) is 1.95. The van der Waals surface area contributed by atoms with Gasteiger partial charge in [0.2, 0.25) is 0 Å². The Morgan fingerprint density at radius 2 is 1.83 bits per heavy atom. The molecule has 2 aliphatic rings. The van der Waals surface area contributed by atoms with Crippen LogP contribution in [0.15, 0.2) is 54.1 Å². The van der Waals surface area contributed by atoms with Crippen LogP contribution in [0.4, 0.5) is 0 Å². The lowest BCUT2D eigenvalue weighted by molar-refractivity contribution is 0.00768. The number of hydrogen-bond acceptors (Lipinski definition) is 2. The number of fused-ring (bicyclic) bond motifs is 3. The van der Waals surface area contributed by atoms with Gasteiger partial charge in [0.05, 0.1) is 0 Å². The number of ether oxygens (including phenoxy) is 1. The van der Waals surface area contributed by atoms with Crippen molar-refractivity contribution in [2.24, 2.45) is 5.92 Å². The molecule has 0 fully saturated rings. The molecule has 1 aliphatic heterocycles. The van der Waals surface area contributed by atoms with Gasteiger partial charge in [-0.1, -0.05) is 42.0 Å². The lowest BCUT2D eigenvalue weighted by Gasteiger charge is -2.47. The van der Waals surface area contributed by atoms with E-state index in [1.165, 1.54) is 5.57 Å². The maximum absolute atomic E-state index is 10.8. The Bertz CT molecular complexity index is 802. The van der Waals surface area contributed by atoms with E-state index >= 15 is 0 Å². The highest BCUT2D eigenvalue weighted by Gasteiger charge is 2.45. The third-order valence-electron chi connectivity index (χ3n) is 5.61. The zero-order valence-electron chi connectivity index (χ0n) is 14.5. The summed E-state index contributed by atoms with van der Waals surface area (Å²) < 4.78 is 6.38. The Kier molecular flexibility index (Phi) is 3.45. The lowest BCUT2D eigenvalue weighted by Crippen LogP contribution is -2.45. The zero-order valence-corrected chi connectivity index (χ0v) is 14.5. The highest BCUT2D eigenvalue weighted by molar-refractivity contribution is 5.70. The number of rotatable bonds is 1. The second-order valence-corrected chi connectivity index (χ2v) is 7.68. The molecule has 1 heterocycles. The molecule has 24 heavy (non-hydrogen) atoms. The summed E-state index contributed by atoms with van der Waals surface area (Å²) in [6, 6.07) is 14.1. The van der Waals surface area contributed by atoms with E-state index in [4.69, 9.17) is 4.74 Å². The van der Waals surface area contributed by atoms with E-state index in [2.05, 4.69) is 45.0 Å². The first-order valence-corrected chi connectivity index (χ1v) is 8.72. The van der Waals surface area contributed by atoms with Crippen LogP contribution in [0.2, 0.25) is 0 Å². The molecule has 2 nitrogen and oxygen atoms in total. The molecule has 124 valence electrons. The molecular weight excluding hydrogens is 296 g/mol. The van der Waals surface area contributed by atoms with E-state index < -0.39 is 0 Å². The van der Waals surface area contributed by atoms with Gasteiger partial charge in [-0.3, -0.25) is 0 Å². The van der Waals surface area contributed by atoms with Crippen LogP contribution < -0.4 is 4.74 Å². The van der Waals surface area contributed by atoms with Crippen LogP contribution in [-0.2, 0) is 0 Å². The number of allylic oxidation sites excluding steroid dienone is 2. The maximum Gasteiger partial charge on any atom is 0.127 e. The topological polar surface area (TPSA) is 29.5 Å². The molecule has 0 unspecified atom stereocenters. The molecular formula is C22H24O2. The number of benzene rings is 2. The second kappa shape index (κ2) is 5.41. The van der Waals surface area contributed by atoms with E-state index in [-0.39, 0.29) is 5.60 Å². The van der Waals surface area contributed by atoms with Gasteiger partial charge in [-0.05, 0) is 56.9 Å². The van der Waals surface area contributed by atoms with Crippen LogP contribution in [0.25, 0.3) is 11.1 Å². The normalized spacial score (nSPS) is 24.4. The predicted octanol–water partition coefficient (Wildman–Crippen LogP) is 5.67. The fraction of sp³-hybridized carbons (Fsp3) is 0.364. The molecule has 0 saturated heterocycles. The van der Waals surface area contributed by atoms with Gasteiger partial charge >= 0.3 is 0 Å². The predicted molar refractivity (Wildman–Crippen MR) is 97.5 cm³/mol. The van der Waals surface area contributed by atoms with Crippen LogP contribution in [0, 0.1) is 5.92 Å². The largest absolute Gasteiger partial charge is 0.507 e. The molecule has 0 saturated carbocycles. The first kappa shape index (κ1) is 15.3. The Morgan fingerprint density at radius 3 is 2.58 bits per heavy atom. The van der Waals surface area contributed by atoms with E-state index in [1.54, 1.807) is 0 Å². The van der Waals surface area contributed by atoms with Gasteiger partial charge in [0.15, 0.2) is 0 Å². The van der Waals surface area contributed by atoms with Gasteiger partial charge in [-0.2, -0.15) is 0 Å². The third-order valence-corrected chi connectivity index (χ3v) is 5.61. The Hall–Kier alpha value is -2.22. The van der Waals surface area contributed by atoms with Crippen LogP contribution in [-0.4, -0.2) is 10.7 Å². The minimum absolute atomic E-state index is 0.226. The van der Waals surface area contributed by atoms with Crippen molar-refractivity contribution in [1.29, 1.82) is 0 Å². The molecule has 0 bridgehead atoms. The highest BCUT2D eigenvalue weighted by atomic mass is 16.5. The molecule has 2 heteroatoms. The van der Waals surface area contributed by atoms with E-state index in [9.17, 15) is 5.11 Å². The average molecular weight is 320 g/mol. The van der Waals surface area contributed by atoms with Crippen LogP contribution in [0.5, 0.6) is 11.5 Å². The minimum atomic E-state index is -0.226. The minimum Gasteiger partial charge on any atom is -0.507 e. The van der Waals surface area contributed by atoms with Crippen LogP contribution in [0.3, 0.4) is 0 Å². The van der Waals surface area contributed by atoms with Gasteiger partial charge in [0.25, 0.3) is 0 Å². The summed E-state index contributed by atoms with van der Waals surface area (Å²) in [4.78, 5) is 0. The molecule has 1 N–H and O–H groups in total. The fourth-order valence-electron chi connectivity index (χ4n) is 4.36. The molecule has 2 aromatic carbocycles. The summed E-state index contributed by atoms with van der Waals surface area (Å²) in [6.07, 6.45) is 4.35. The Labute approximate surface area is 143 Å². The smallest absolute Gasteiger partial charge is 0.127 e. The fourth-order valence-corrected chi connectivity index (χ4v) is 4.36. The molecule has 0 aromatic heterocycles. The van der Waals surface area contributed by atoms with Crippen LogP contribution >= 0.6 is 0 Å². The van der Waals surface area contributed by atoms with Crippen molar-refractivity contribution in [3.05, 3.63) is 59.7 Å². The molecule has 1 aliphatic carbocycles. The zero-order chi connectivity index (χ0) is 16.9. The molecule has 2 aromatic rings. The SMILES string of the molecule is CC1=CC[C@@H]2[C@@H](C1)c1c(O)cc(-c3ccccc3)cc1OC2(C)C.